The Labute approximate surface area is 124 Å². The summed E-state index contributed by atoms with van der Waals surface area (Å²) in [6, 6.07) is 3.54. The fraction of sp³-hybridized carbons (Fsp3) is 0.643. The number of Topliss-reactive ketones (excluding diaryl/α,β-unsaturated/α-hetero) is 1. The Morgan fingerprint density at radius 3 is 2.63 bits per heavy atom. The number of likely N-dealkylation sites (N-methyl/N-ethyl adjacent to an activating group) is 1. The Hall–Kier alpha value is -0.420. The molecule has 0 radical (unpaired) electrons. The summed E-state index contributed by atoms with van der Waals surface area (Å²) in [7, 11) is 2.14. The normalized spacial score (nSPS) is 22.4. The zero-order valence-corrected chi connectivity index (χ0v) is 13.5. The molecule has 1 fully saturated rings. The summed E-state index contributed by atoms with van der Waals surface area (Å²) in [6.07, 6.45) is 0. The number of ketones is 1. The van der Waals surface area contributed by atoms with E-state index >= 15 is 0 Å². The molecule has 106 valence electrons. The number of thiophene rings is 1. The van der Waals surface area contributed by atoms with E-state index in [4.69, 9.17) is 11.6 Å². The molecule has 0 amide bonds. The third-order valence-electron chi connectivity index (χ3n) is 4.09. The molecule has 0 aliphatic carbocycles. The molecule has 5 heteroatoms. The van der Waals surface area contributed by atoms with Gasteiger partial charge >= 0.3 is 0 Å². The van der Waals surface area contributed by atoms with Gasteiger partial charge in [-0.05, 0) is 40.0 Å². The first kappa shape index (κ1) is 15.0. The van der Waals surface area contributed by atoms with E-state index < -0.39 is 0 Å². The van der Waals surface area contributed by atoms with Crippen molar-refractivity contribution < 1.29 is 4.79 Å². The molecule has 2 heterocycles. The van der Waals surface area contributed by atoms with Crippen LogP contribution in [-0.2, 0) is 0 Å². The predicted molar refractivity (Wildman–Crippen MR) is 81.4 cm³/mol. The molecule has 1 unspecified atom stereocenters. The van der Waals surface area contributed by atoms with Gasteiger partial charge in [0.25, 0.3) is 0 Å². The zero-order chi connectivity index (χ0) is 14.2. The molecular formula is C14H21ClN2OS. The van der Waals surface area contributed by atoms with Crippen molar-refractivity contribution in [2.75, 3.05) is 26.7 Å². The van der Waals surface area contributed by atoms with E-state index in [1.165, 1.54) is 11.3 Å². The minimum atomic E-state index is -0.0808. The third-order valence-corrected chi connectivity index (χ3v) is 5.33. The van der Waals surface area contributed by atoms with Gasteiger partial charge in [-0.25, -0.2) is 0 Å². The lowest BCUT2D eigenvalue weighted by molar-refractivity contribution is 0.0213. The molecule has 1 saturated heterocycles. The van der Waals surface area contributed by atoms with Crippen LogP contribution in [0.2, 0.25) is 4.34 Å². The Morgan fingerprint density at radius 2 is 2.11 bits per heavy atom. The molecule has 3 nitrogen and oxygen atoms in total. The maximum Gasteiger partial charge on any atom is 0.189 e. The summed E-state index contributed by atoms with van der Waals surface area (Å²) in [5.41, 5.74) is 0.111. The van der Waals surface area contributed by atoms with Crippen LogP contribution in [0.25, 0.3) is 0 Å². The van der Waals surface area contributed by atoms with Crippen molar-refractivity contribution >= 4 is 28.7 Å². The molecule has 0 spiro atoms. The van der Waals surface area contributed by atoms with Gasteiger partial charge < -0.3 is 0 Å². The smallest absolute Gasteiger partial charge is 0.189 e. The van der Waals surface area contributed by atoms with E-state index in [-0.39, 0.29) is 17.4 Å². The summed E-state index contributed by atoms with van der Waals surface area (Å²) in [5, 5.41) is 0. The third kappa shape index (κ3) is 3.19. The van der Waals surface area contributed by atoms with Crippen LogP contribution in [0.3, 0.4) is 0 Å². The molecule has 1 aliphatic heterocycles. The molecular weight excluding hydrogens is 280 g/mol. The van der Waals surface area contributed by atoms with Crippen molar-refractivity contribution in [1.29, 1.82) is 0 Å². The number of hydrogen-bond acceptors (Lipinski definition) is 4. The number of piperazine rings is 1. The highest BCUT2D eigenvalue weighted by atomic mass is 35.5. The molecule has 1 aliphatic rings. The highest BCUT2D eigenvalue weighted by Gasteiger charge is 2.35. The minimum absolute atomic E-state index is 0.0808. The molecule has 0 saturated carbocycles. The minimum Gasteiger partial charge on any atom is -0.299 e. The van der Waals surface area contributed by atoms with Gasteiger partial charge in [-0.1, -0.05) is 11.6 Å². The van der Waals surface area contributed by atoms with E-state index in [1.807, 2.05) is 13.0 Å². The predicted octanol–water partition coefficient (Wildman–Crippen LogP) is 3.00. The van der Waals surface area contributed by atoms with E-state index in [1.54, 1.807) is 6.07 Å². The van der Waals surface area contributed by atoms with Gasteiger partial charge in [-0.15, -0.1) is 11.3 Å². The lowest BCUT2D eigenvalue weighted by Crippen LogP contribution is -2.60. The fourth-order valence-corrected chi connectivity index (χ4v) is 3.49. The Balaban J connectivity index is 2.08. The molecule has 1 aromatic rings. The lowest BCUT2D eigenvalue weighted by Gasteiger charge is -2.47. The molecule has 2 rings (SSSR count). The average molecular weight is 301 g/mol. The first-order chi connectivity index (χ1) is 8.81. The van der Waals surface area contributed by atoms with Crippen LogP contribution < -0.4 is 0 Å². The molecule has 0 aromatic carbocycles. The number of halogens is 1. The average Bonchev–Trinajstić information content (AvgIpc) is 2.77. The van der Waals surface area contributed by atoms with Crippen LogP contribution in [0.1, 0.15) is 30.4 Å². The SMILES string of the molecule is CC(C(=O)c1ccc(Cl)s1)N1CCN(C)C(C)(C)C1. The van der Waals surface area contributed by atoms with Gasteiger partial charge in [-0.3, -0.25) is 14.6 Å². The second kappa shape index (κ2) is 5.52. The summed E-state index contributed by atoms with van der Waals surface area (Å²) in [6.45, 7) is 9.28. The lowest BCUT2D eigenvalue weighted by atomic mass is 9.97. The van der Waals surface area contributed by atoms with Crippen molar-refractivity contribution in [2.24, 2.45) is 0 Å². The topological polar surface area (TPSA) is 23.6 Å². The molecule has 0 N–H and O–H groups in total. The van der Waals surface area contributed by atoms with Gasteiger partial charge in [0.2, 0.25) is 0 Å². The second-order valence-electron chi connectivity index (χ2n) is 5.85. The standard InChI is InChI=1S/C14H21ClN2OS/c1-10(13(18)11-5-6-12(15)19-11)17-8-7-16(4)14(2,3)9-17/h5-6,10H,7-9H2,1-4H3. The van der Waals surface area contributed by atoms with Crippen molar-refractivity contribution in [3.05, 3.63) is 21.3 Å². The van der Waals surface area contributed by atoms with Crippen LogP contribution in [0, 0.1) is 0 Å². The van der Waals surface area contributed by atoms with Crippen molar-refractivity contribution in [1.82, 2.24) is 9.80 Å². The van der Waals surface area contributed by atoms with Crippen LogP contribution in [0.4, 0.5) is 0 Å². The maximum absolute atomic E-state index is 12.4. The molecule has 19 heavy (non-hydrogen) atoms. The number of hydrogen-bond donors (Lipinski definition) is 0. The highest BCUT2D eigenvalue weighted by Crippen LogP contribution is 2.26. The van der Waals surface area contributed by atoms with Crippen molar-refractivity contribution in [2.45, 2.75) is 32.4 Å². The van der Waals surface area contributed by atoms with Crippen molar-refractivity contribution in [3.8, 4) is 0 Å². The number of carbonyl (C=O) groups excluding carboxylic acids is 1. The van der Waals surface area contributed by atoms with Crippen LogP contribution in [0.5, 0.6) is 0 Å². The molecule has 0 bridgehead atoms. The van der Waals surface area contributed by atoms with E-state index in [0.29, 0.717) is 4.34 Å². The number of carbonyl (C=O) groups is 1. The van der Waals surface area contributed by atoms with Crippen LogP contribution in [0.15, 0.2) is 12.1 Å². The summed E-state index contributed by atoms with van der Waals surface area (Å²) < 4.78 is 0.675. The Bertz CT molecular complexity index is 472. The van der Waals surface area contributed by atoms with Crippen molar-refractivity contribution in [3.63, 3.8) is 0 Å². The van der Waals surface area contributed by atoms with E-state index in [0.717, 1.165) is 24.5 Å². The molecule has 1 aromatic heterocycles. The second-order valence-corrected chi connectivity index (χ2v) is 7.56. The zero-order valence-electron chi connectivity index (χ0n) is 11.9. The Morgan fingerprint density at radius 1 is 1.42 bits per heavy atom. The highest BCUT2D eigenvalue weighted by molar-refractivity contribution is 7.18. The van der Waals surface area contributed by atoms with Gasteiger partial charge in [0, 0.05) is 25.2 Å². The summed E-state index contributed by atoms with van der Waals surface area (Å²) >= 11 is 7.27. The number of nitrogens with zero attached hydrogens (tertiary/aromatic N) is 2. The van der Waals surface area contributed by atoms with E-state index in [9.17, 15) is 4.79 Å². The van der Waals surface area contributed by atoms with Crippen LogP contribution in [-0.4, -0.2) is 53.8 Å². The first-order valence-corrected chi connectivity index (χ1v) is 7.75. The van der Waals surface area contributed by atoms with Gasteiger partial charge in [-0.2, -0.15) is 0 Å². The Kier molecular flexibility index (Phi) is 4.35. The van der Waals surface area contributed by atoms with Crippen LogP contribution >= 0.6 is 22.9 Å². The van der Waals surface area contributed by atoms with Gasteiger partial charge in [0.05, 0.1) is 15.3 Å². The summed E-state index contributed by atoms with van der Waals surface area (Å²) in [4.78, 5) is 17.8. The largest absolute Gasteiger partial charge is 0.299 e. The molecule has 1 atom stereocenters. The monoisotopic (exact) mass is 300 g/mol. The number of rotatable bonds is 3. The fourth-order valence-electron chi connectivity index (χ4n) is 2.43. The van der Waals surface area contributed by atoms with Gasteiger partial charge in [0.15, 0.2) is 5.78 Å². The maximum atomic E-state index is 12.4. The first-order valence-electron chi connectivity index (χ1n) is 6.56. The van der Waals surface area contributed by atoms with E-state index in [2.05, 4.69) is 30.7 Å². The van der Waals surface area contributed by atoms with Gasteiger partial charge in [0.1, 0.15) is 0 Å². The summed E-state index contributed by atoms with van der Waals surface area (Å²) in [5.74, 6) is 0.178. The quantitative estimate of drug-likeness (QED) is 0.802.